The topological polar surface area (TPSA) is 181 Å². The molecule has 0 radical (unpaired) electrons. The summed E-state index contributed by atoms with van der Waals surface area (Å²) in [4.78, 5) is 43.5. The number of likely N-dealkylation sites (N-methyl/N-ethyl adjacent to an activating group) is 1. The van der Waals surface area contributed by atoms with Crippen LogP contribution >= 0.6 is 0 Å². The number of hydroxylamine groups is 2. The SMILES string of the molecule is CCC[C@@H](C(=O)NOCC1CCCN1C(N)=O)N(CC)C(=O)NOS(=O)(=O)O. The van der Waals surface area contributed by atoms with E-state index in [4.69, 9.17) is 15.1 Å². The Kier molecular flexibility index (Phi) is 9.37. The number of amides is 5. The van der Waals surface area contributed by atoms with Crippen LogP contribution in [0.3, 0.4) is 0 Å². The maximum Gasteiger partial charge on any atom is 0.418 e. The van der Waals surface area contributed by atoms with Crippen molar-refractivity contribution in [3.05, 3.63) is 0 Å². The summed E-state index contributed by atoms with van der Waals surface area (Å²) in [5.74, 6) is -0.630. The Morgan fingerprint density at radius 2 is 2.00 bits per heavy atom. The van der Waals surface area contributed by atoms with Gasteiger partial charge in [0.1, 0.15) is 6.04 Å². The summed E-state index contributed by atoms with van der Waals surface area (Å²) < 4.78 is 33.5. The fraction of sp³-hybridized carbons (Fsp3) is 0.786. The molecule has 14 heteroatoms. The summed E-state index contributed by atoms with van der Waals surface area (Å²) in [5.41, 5.74) is 9.08. The average Bonchev–Trinajstić information content (AvgIpc) is 3.08. The van der Waals surface area contributed by atoms with Crippen molar-refractivity contribution < 1.29 is 36.5 Å². The van der Waals surface area contributed by atoms with Crippen molar-refractivity contribution in [1.29, 1.82) is 0 Å². The molecule has 0 aliphatic carbocycles. The van der Waals surface area contributed by atoms with Crippen molar-refractivity contribution in [2.45, 2.75) is 51.6 Å². The lowest BCUT2D eigenvalue weighted by molar-refractivity contribution is -0.139. The summed E-state index contributed by atoms with van der Waals surface area (Å²) in [7, 11) is -4.88. The summed E-state index contributed by atoms with van der Waals surface area (Å²) in [5, 5.41) is 0. The largest absolute Gasteiger partial charge is 0.418 e. The van der Waals surface area contributed by atoms with Gasteiger partial charge < -0.3 is 15.5 Å². The molecular weight excluding hydrogens is 398 g/mol. The van der Waals surface area contributed by atoms with Gasteiger partial charge >= 0.3 is 22.5 Å². The molecule has 1 rings (SSSR count). The van der Waals surface area contributed by atoms with E-state index in [-0.39, 0.29) is 25.6 Å². The number of hydrogen-bond donors (Lipinski definition) is 4. The van der Waals surface area contributed by atoms with E-state index in [0.717, 1.165) is 11.3 Å². The summed E-state index contributed by atoms with van der Waals surface area (Å²) in [6.07, 6.45) is 2.27. The zero-order chi connectivity index (χ0) is 21.3. The van der Waals surface area contributed by atoms with Crippen LogP contribution in [0.2, 0.25) is 0 Å². The molecule has 0 aromatic carbocycles. The monoisotopic (exact) mass is 425 g/mol. The number of carbonyl (C=O) groups excluding carboxylic acids is 3. The normalized spacial score (nSPS) is 17.8. The third-order valence-electron chi connectivity index (χ3n) is 4.19. The van der Waals surface area contributed by atoms with Crippen molar-refractivity contribution in [2.24, 2.45) is 5.73 Å². The Labute approximate surface area is 163 Å². The quantitative estimate of drug-likeness (QED) is 0.267. The van der Waals surface area contributed by atoms with E-state index in [0.29, 0.717) is 19.4 Å². The number of nitrogens with two attached hydrogens (primary N) is 1. The van der Waals surface area contributed by atoms with Gasteiger partial charge in [-0.15, -0.1) is 4.28 Å². The first-order valence-corrected chi connectivity index (χ1v) is 10.2. The van der Waals surface area contributed by atoms with Crippen LogP contribution in [0.15, 0.2) is 0 Å². The van der Waals surface area contributed by atoms with Gasteiger partial charge in [0.15, 0.2) is 0 Å². The maximum absolute atomic E-state index is 12.5. The van der Waals surface area contributed by atoms with Gasteiger partial charge in [-0.25, -0.2) is 15.1 Å². The fourth-order valence-corrected chi connectivity index (χ4v) is 3.11. The van der Waals surface area contributed by atoms with E-state index in [1.54, 1.807) is 19.3 Å². The molecule has 1 aliphatic rings. The molecule has 0 aromatic heterocycles. The molecule has 28 heavy (non-hydrogen) atoms. The van der Waals surface area contributed by atoms with Crippen LogP contribution in [0.1, 0.15) is 39.5 Å². The second kappa shape index (κ2) is 11.0. The number of urea groups is 2. The highest BCUT2D eigenvalue weighted by atomic mass is 32.3. The van der Waals surface area contributed by atoms with E-state index in [1.807, 2.05) is 0 Å². The van der Waals surface area contributed by atoms with E-state index in [2.05, 4.69) is 9.76 Å². The average molecular weight is 425 g/mol. The predicted octanol–water partition coefficient (Wildman–Crippen LogP) is -0.488. The zero-order valence-electron chi connectivity index (χ0n) is 15.8. The third kappa shape index (κ3) is 7.46. The number of hydrogen-bond acceptors (Lipinski definition) is 7. The third-order valence-corrected chi connectivity index (χ3v) is 4.48. The molecule has 5 amide bonds. The van der Waals surface area contributed by atoms with Crippen molar-refractivity contribution in [3.63, 3.8) is 0 Å². The zero-order valence-corrected chi connectivity index (χ0v) is 16.6. The van der Waals surface area contributed by atoms with Crippen LogP contribution in [0, 0.1) is 0 Å². The first kappa shape index (κ1) is 23.9. The first-order chi connectivity index (χ1) is 13.1. The van der Waals surface area contributed by atoms with Crippen molar-refractivity contribution in [3.8, 4) is 0 Å². The standard InChI is InChI=1S/C14H27N5O8S/c1-3-6-11(18(4-2)14(22)17-27-28(23,24)25)12(20)16-26-9-10-7-5-8-19(10)13(15)21/h10-11H,3-9H2,1-2H3,(H2,15,21)(H,16,20)(H,17,22)(H,23,24,25)/t10?,11-/m0/s1. The molecule has 0 spiro atoms. The number of likely N-dealkylation sites (tertiary alicyclic amines) is 1. The minimum absolute atomic E-state index is 0.0394. The van der Waals surface area contributed by atoms with E-state index in [9.17, 15) is 22.8 Å². The second-order valence-corrected chi connectivity index (χ2v) is 7.14. The number of nitrogens with zero attached hydrogens (tertiary/aromatic N) is 2. The van der Waals surface area contributed by atoms with Gasteiger partial charge in [0.25, 0.3) is 5.91 Å². The lowest BCUT2D eigenvalue weighted by Gasteiger charge is -2.29. The summed E-state index contributed by atoms with van der Waals surface area (Å²) in [6, 6.07) is -2.81. The van der Waals surface area contributed by atoms with E-state index < -0.39 is 34.4 Å². The highest BCUT2D eigenvalue weighted by Gasteiger charge is 2.31. The second-order valence-electron chi connectivity index (χ2n) is 6.11. The maximum atomic E-state index is 12.5. The number of primary amides is 1. The van der Waals surface area contributed by atoms with Crippen LogP contribution in [-0.4, -0.2) is 72.5 Å². The lowest BCUT2D eigenvalue weighted by atomic mass is 10.1. The number of nitrogens with one attached hydrogen (secondary N) is 2. The molecule has 1 unspecified atom stereocenters. The van der Waals surface area contributed by atoms with E-state index in [1.165, 1.54) is 4.90 Å². The Balaban J connectivity index is 2.65. The van der Waals surface area contributed by atoms with Crippen molar-refractivity contribution in [2.75, 3.05) is 19.7 Å². The molecule has 5 N–H and O–H groups in total. The Hall–Kier alpha value is -2.16. The van der Waals surface area contributed by atoms with Crippen LogP contribution in [-0.2, 0) is 24.3 Å². The molecule has 1 heterocycles. The summed E-state index contributed by atoms with van der Waals surface area (Å²) >= 11 is 0. The summed E-state index contributed by atoms with van der Waals surface area (Å²) in [6.45, 7) is 3.99. The molecule has 1 fully saturated rings. The lowest BCUT2D eigenvalue weighted by Crippen LogP contribution is -2.53. The van der Waals surface area contributed by atoms with Crippen LogP contribution < -0.4 is 16.7 Å². The van der Waals surface area contributed by atoms with Gasteiger partial charge in [-0.1, -0.05) is 13.3 Å². The number of carbonyl (C=O) groups is 3. The Bertz CT molecular complexity index is 658. The van der Waals surface area contributed by atoms with E-state index >= 15 is 0 Å². The smallest absolute Gasteiger partial charge is 0.351 e. The van der Waals surface area contributed by atoms with Crippen LogP contribution in [0.25, 0.3) is 0 Å². The van der Waals surface area contributed by atoms with Crippen molar-refractivity contribution in [1.82, 2.24) is 20.8 Å². The minimum Gasteiger partial charge on any atom is -0.351 e. The van der Waals surface area contributed by atoms with Gasteiger partial charge in [0.2, 0.25) is 0 Å². The molecule has 0 saturated carbocycles. The van der Waals surface area contributed by atoms with Gasteiger partial charge in [-0.3, -0.25) is 14.2 Å². The molecule has 162 valence electrons. The highest BCUT2D eigenvalue weighted by Crippen LogP contribution is 2.16. The molecule has 0 bridgehead atoms. The fourth-order valence-electron chi connectivity index (χ4n) is 2.93. The van der Waals surface area contributed by atoms with Gasteiger partial charge in [-0.05, 0) is 26.2 Å². The Morgan fingerprint density at radius 3 is 2.54 bits per heavy atom. The van der Waals surface area contributed by atoms with Crippen molar-refractivity contribution >= 4 is 28.4 Å². The molecular formula is C14H27N5O8S. The number of rotatable bonds is 10. The van der Waals surface area contributed by atoms with Crippen LogP contribution in [0.4, 0.5) is 9.59 Å². The molecule has 13 nitrogen and oxygen atoms in total. The van der Waals surface area contributed by atoms with Crippen LogP contribution in [0.5, 0.6) is 0 Å². The first-order valence-electron chi connectivity index (χ1n) is 8.80. The van der Waals surface area contributed by atoms with Gasteiger partial charge in [0.05, 0.1) is 12.6 Å². The molecule has 0 aromatic rings. The molecule has 2 atom stereocenters. The highest BCUT2D eigenvalue weighted by molar-refractivity contribution is 7.80. The Morgan fingerprint density at radius 1 is 1.32 bits per heavy atom. The molecule has 1 saturated heterocycles. The predicted molar refractivity (Wildman–Crippen MR) is 95.6 cm³/mol. The molecule has 1 aliphatic heterocycles. The van der Waals surface area contributed by atoms with Gasteiger partial charge in [-0.2, -0.15) is 13.9 Å². The van der Waals surface area contributed by atoms with Gasteiger partial charge in [0, 0.05) is 13.1 Å². The minimum atomic E-state index is -4.88.